The Morgan fingerprint density at radius 2 is 2.21 bits per heavy atom. The Kier molecular flexibility index (Phi) is 4.52. The number of hydrogen-bond acceptors (Lipinski definition) is 3. The number of nitrogens with zero attached hydrogens (tertiary/aromatic N) is 2. The first-order valence-electron chi connectivity index (χ1n) is 6.67. The molecule has 0 saturated heterocycles. The molecule has 1 heterocycles. The maximum Gasteiger partial charge on any atom is 0.255 e. The van der Waals surface area contributed by atoms with Crippen LogP contribution in [0.15, 0.2) is 12.4 Å². The Bertz CT molecular complexity index is 465. The van der Waals surface area contributed by atoms with Gasteiger partial charge in [0.05, 0.1) is 22.8 Å². The molecule has 1 aromatic rings. The molecule has 0 aromatic carbocycles. The lowest BCUT2D eigenvalue weighted by Gasteiger charge is -2.30. The molecule has 1 unspecified atom stereocenters. The topological polar surface area (TPSA) is 72.9 Å². The highest BCUT2D eigenvalue weighted by Crippen LogP contribution is 2.26. The van der Waals surface area contributed by atoms with E-state index in [1.807, 2.05) is 0 Å². The monoisotopic (exact) mass is 280 g/mol. The van der Waals surface area contributed by atoms with Crippen molar-refractivity contribution < 1.29 is 4.79 Å². The molecule has 1 amide bonds. The molecular weight excluding hydrogens is 260 g/mol. The van der Waals surface area contributed by atoms with Crippen molar-refractivity contribution in [3.8, 4) is 0 Å². The lowest BCUT2D eigenvalue weighted by atomic mass is 9.83. The molecule has 0 radical (unpaired) electrons. The Morgan fingerprint density at radius 1 is 1.53 bits per heavy atom. The molecule has 0 aliphatic heterocycles. The van der Waals surface area contributed by atoms with Crippen molar-refractivity contribution in [3.63, 3.8) is 0 Å². The molecule has 1 aromatic heterocycles. The summed E-state index contributed by atoms with van der Waals surface area (Å²) in [5, 5.41) is 6.95. The second kappa shape index (κ2) is 6.14. The van der Waals surface area contributed by atoms with E-state index in [1.54, 1.807) is 24.1 Å². The van der Waals surface area contributed by atoms with Crippen LogP contribution in [0.3, 0.4) is 0 Å². The SMILES string of the molecule is Cn1cc(C(=O)NC(C(N)=S)C2CCCCC2)cn1. The lowest BCUT2D eigenvalue weighted by Crippen LogP contribution is -2.48. The van der Waals surface area contributed by atoms with Crippen LogP contribution in [0, 0.1) is 5.92 Å². The number of nitrogens with two attached hydrogens (primary N) is 1. The first-order chi connectivity index (χ1) is 9.08. The fraction of sp³-hybridized carbons (Fsp3) is 0.615. The fourth-order valence-electron chi connectivity index (χ4n) is 2.65. The maximum atomic E-state index is 12.1. The minimum absolute atomic E-state index is 0.156. The van der Waals surface area contributed by atoms with Gasteiger partial charge in [0.25, 0.3) is 5.91 Å². The number of hydrogen-bond donors (Lipinski definition) is 2. The van der Waals surface area contributed by atoms with Crippen molar-refractivity contribution in [3.05, 3.63) is 18.0 Å². The normalized spacial score (nSPS) is 17.9. The van der Waals surface area contributed by atoms with Crippen LogP contribution in [0.2, 0.25) is 0 Å². The van der Waals surface area contributed by atoms with E-state index in [9.17, 15) is 4.79 Å². The van der Waals surface area contributed by atoms with Crippen LogP contribution in [0.25, 0.3) is 0 Å². The van der Waals surface area contributed by atoms with Crippen LogP contribution in [-0.4, -0.2) is 26.7 Å². The summed E-state index contributed by atoms with van der Waals surface area (Å²) in [4.78, 5) is 12.5. The number of carbonyl (C=O) groups excluding carboxylic acids is 1. The van der Waals surface area contributed by atoms with Gasteiger partial charge in [-0.25, -0.2) is 0 Å². The van der Waals surface area contributed by atoms with E-state index in [0.717, 1.165) is 12.8 Å². The molecule has 3 N–H and O–H groups in total. The van der Waals surface area contributed by atoms with E-state index >= 15 is 0 Å². The highest BCUT2D eigenvalue weighted by atomic mass is 32.1. The Morgan fingerprint density at radius 3 is 2.74 bits per heavy atom. The molecule has 6 heteroatoms. The maximum absolute atomic E-state index is 12.1. The number of nitrogens with one attached hydrogen (secondary N) is 1. The van der Waals surface area contributed by atoms with Gasteiger partial charge < -0.3 is 11.1 Å². The first kappa shape index (κ1) is 14.0. The smallest absolute Gasteiger partial charge is 0.255 e. The van der Waals surface area contributed by atoms with Gasteiger partial charge in [0.2, 0.25) is 0 Å². The first-order valence-corrected chi connectivity index (χ1v) is 7.07. The molecule has 5 nitrogen and oxygen atoms in total. The summed E-state index contributed by atoms with van der Waals surface area (Å²) in [6, 6.07) is -0.206. The van der Waals surface area contributed by atoms with Crippen LogP contribution >= 0.6 is 12.2 Å². The molecule has 1 atom stereocenters. The molecule has 2 rings (SSSR count). The molecular formula is C13H20N4OS. The molecule has 104 valence electrons. The third-order valence-electron chi connectivity index (χ3n) is 3.68. The number of amides is 1. The van der Waals surface area contributed by atoms with Crippen LogP contribution in [0.4, 0.5) is 0 Å². The van der Waals surface area contributed by atoms with Gasteiger partial charge in [-0.2, -0.15) is 5.10 Å². The van der Waals surface area contributed by atoms with E-state index < -0.39 is 0 Å². The van der Waals surface area contributed by atoms with Gasteiger partial charge in [0.1, 0.15) is 0 Å². The predicted octanol–water partition coefficient (Wildman–Crippen LogP) is 1.38. The van der Waals surface area contributed by atoms with Gasteiger partial charge in [-0.3, -0.25) is 9.48 Å². The van der Waals surface area contributed by atoms with E-state index in [2.05, 4.69) is 10.4 Å². The second-order valence-corrected chi connectivity index (χ2v) is 5.63. The third kappa shape index (κ3) is 3.53. The summed E-state index contributed by atoms with van der Waals surface area (Å²) in [6.45, 7) is 0. The number of thiocarbonyl (C=S) groups is 1. The largest absolute Gasteiger partial charge is 0.392 e. The molecule has 19 heavy (non-hydrogen) atoms. The van der Waals surface area contributed by atoms with Crippen molar-refractivity contribution in [2.75, 3.05) is 0 Å². The Labute approximate surface area is 118 Å². The standard InChI is InChI=1S/C13H20N4OS/c1-17-8-10(7-15-17)13(18)16-11(12(14)19)9-5-3-2-4-6-9/h7-9,11H,2-6H2,1H3,(H2,14,19)(H,16,18). The van der Waals surface area contributed by atoms with Crippen LogP contribution < -0.4 is 11.1 Å². The number of rotatable bonds is 4. The number of carbonyl (C=O) groups is 1. The summed E-state index contributed by atoms with van der Waals surface area (Å²) in [5.74, 6) is 0.211. The average Bonchev–Trinajstić information content (AvgIpc) is 2.83. The zero-order valence-electron chi connectivity index (χ0n) is 11.1. The third-order valence-corrected chi connectivity index (χ3v) is 3.94. The zero-order valence-corrected chi connectivity index (χ0v) is 11.9. The van der Waals surface area contributed by atoms with E-state index in [4.69, 9.17) is 18.0 Å². The second-order valence-electron chi connectivity index (χ2n) is 5.15. The summed E-state index contributed by atoms with van der Waals surface area (Å²) < 4.78 is 1.60. The van der Waals surface area contributed by atoms with Crippen molar-refractivity contribution in [1.29, 1.82) is 0 Å². The summed E-state index contributed by atoms with van der Waals surface area (Å²) in [7, 11) is 1.78. The van der Waals surface area contributed by atoms with Crippen molar-refractivity contribution in [1.82, 2.24) is 15.1 Å². The molecule has 1 aliphatic rings. The van der Waals surface area contributed by atoms with Crippen LogP contribution in [0.1, 0.15) is 42.5 Å². The van der Waals surface area contributed by atoms with Crippen LogP contribution in [-0.2, 0) is 7.05 Å². The van der Waals surface area contributed by atoms with E-state index in [-0.39, 0.29) is 11.9 Å². The summed E-state index contributed by atoms with van der Waals surface area (Å²) in [5.41, 5.74) is 6.34. The van der Waals surface area contributed by atoms with Gasteiger partial charge in [-0.15, -0.1) is 0 Å². The average molecular weight is 280 g/mol. The van der Waals surface area contributed by atoms with E-state index in [1.165, 1.54) is 19.3 Å². The predicted molar refractivity (Wildman–Crippen MR) is 77.8 cm³/mol. The molecule has 1 saturated carbocycles. The van der Waals surface area contributed by atoms with Gasteiger partial charge in [-0.05, 0) is 18.8 Å². The van der Waals surface area contributed by atoms with Gasteiger partial charge in [-0.1, -0.05) is 31.5 Å². The highest BCUT2D eigenvalue weighted by molar-refractivity contribution is 7.80. The van der Waals surface area contributed by atoms with E-state index in [0.29, 0.717) is 16.5 Å². The number of aryl methyl sites for hydroxylation is 1. The van der Waals surface area contributed by atoms with Crippen molar-refractivity contribution in [2.24, 2.45) is 18.7 Å². The van der Waals surface area contributed by atoms with Crippen molar-refractivity contribution in [2.45, 2.75) is 38.1 Å². The quantitative estimate of drug-likeness (QED) is 0.817. The highest BCUT2D eigenvalue weighted by Gasteiger charge is 2.27. The summed E-state index contributed by atoms with van der Waals surface area (Å²) in [6.07, 6.45) is 9.03. The Hall–Kier alpha value is -1.43. The van der Waals surface area contributed by atoms with Gasteiger partial charge in [0, 0.05) is 13.2 Å². The molecule has 1 fully saturated rings. The van der Waals surface area contributed by atoms with Crippen molar-refractivity contribution >= 4 is 23.1 Å². The molecule has 0 bridgehead atoms. The molecule has 0 spiro atoms. The molecule has 1 aliphatic carbocycles. The lowest BCUT2D eigenvalue weighted by molar-refractivity contribution is 0.0932. The zero-order chi connectivity index (χ0) is 13.8. The fourth-order valence-corrected chi connectivity index (χ4v) is 2.90. The van der Waals surface area contributed by atoms with Gasteiger partial charge >= 0.3 is 0 Å². The van der Waals surface area contributed by atoms with Gasteiger partial charge in [0.15, 0.2) is 0 Å². The minimum Gasteiger partial charge on any atom is -0.392 e. The minimum atomic E-state index is -0.206. The summed E-state index contributed by atoms with van der Waals surface area (Å²) >= 11 is 5.11. The Balaban J connectivity index is 2.04. The number of aromatic nitrogens is 2. The van der Waals surface area contributed by atoms with Crippen LogP contribution in [0.5, 0.6) is 0 Å².